The molecular weight excluding hydrogens is 366 g/mol. The minimum absolute atomic E-state index is 0.334. The number of aromatic nitrogens is 2. The van der Waals surface area contributed by atoms with E-state index in [4.69, 9.17) is 9.26 Å². The van der Waals surface area contributed by atoms with Crippen molar-refractivity contribution in [1.29, 1.82) is 0 Å². The first kappa shape index (κ1) is 20.6. The lowest BCUT2D eigenvalue weighted by Gasteiger charge is -2.07. The van der Waals surface area contributed by atoms with Gasteiger partial charge in [0.2, 0.25) is 5.82 Å². The van der Waals surface area contributed by atoms with Crippen LogP contribution in [0.1, 0.15) is 41.8 Å². The van der Waals surface area contributed by atoms with Crippen LogP contribution in [-0.4, -0.2) is 28.9 Å². The van der Waals surface area contributed by atoms with Crippen molar-refractivity contribution in [3.05, 3.63) is 59.0 Å². The number of quaternary nitrogens is 1. The van der Waals surface area contributed by atoms with Crippen LogP contribution in [0.4, 0.5) is 0 Å². The Bertz CT molecular complexity index is 968. The summed E-state index contributed by atoms with van der Waals surface area (Å²) < 4.78 is 10.8. The first-order chi connectivity index (χ1) is 14.0. The van der Waals surface area contributed by atoms with E-state index in [-0.39, 0.29) is 0 Å². The monoisotopic (exact) mass is 394 g/mol. The molecule has 6 heteroatoms. The van der Waals surface area contributed by atoms with Crippen LogP contribution >= 0.6 is 0 Å². The number of ether oxygens (including phenoxy) is 1. The highest BCUT2D eigenvalue weighted by Crippen LogP contribution is 2.29. The summed E-state index contributed by atoms with van der Waals surface area (Å²) in [5.41, 5.74) is 8.47. The topological polar surface area (TPSA) is 96.0 Å². The van der Waals surface area contributed by atoms with Gasteiger partial charge in [-0.2, -0.15) is 4.98 Å². The fourth-order valence-corrected chi connectivity index (χ4v) is 3.22. The molecule has 29 heavy (non-hydrogen) atoms. The van der Waals surface area contributed by atoms with Crippen LogP contribution < -0.4 is 10.5 Å². The molecule has 3 rings (SSSR count). The Kier molecular flexibility index (Phi) is 6.67. The van der Waals surface area contributed by atoms with Crippen molar-refractivity contribution >= 4 is 11.6 Å². The van der Waals surface area contributed by atoms with Crippen molar-refractivity contribution in [3.8, 4) is 22.9 Å². The minimum Gasteiger partial charge on any atom is -0.507 e. The molecule has 0 saturated heterocycles. The summed E-state index contributed by atoms with van der Waals surface area (Å²) in [6, 6.07) is 11.5. The van der Waals surface area contributed by atoms with Crippen LogP contribution in [0.3, 0.4) is 0 Å². The van der Waals surface area contributed by atoms with Crippen molar-refractivity contribution in [2.75, 3.05) is 13.7 Å². The Hall–Kier alpha value is -3.12. The number of phenolic OH excluding ortho intramolecular Hbond substituents is 1. The smallest absolute Gasteiger partial charge is 0.254 e. The van der Waals surface area contributed by atoms with Crippen LogP contribution in [-0.2, 0) is 0 Å². The number of allylic oxidation sites excluding steroid dienone is 1. The van der Waals surface area contributed by atoms with Crippen LogP contribution in [0.2, 0.25) is 0 Å². The summed E-state index contributed by atoms with van der Waals surface area (Å²) in [5.74, 6) is 2.18. The quantitative estimate of drug-likeness (QED) is 0.563. The Morgan fingerprint density at radius 3 is 2.45 bits per heavy atom. The number of hydrogen-bond donors (Lipinski definition) is 2. The molecule has 3 aromatic rings. The van der Waals surface area contributed by atoms with Crippen LogP contribution in [0.25, 0.3) is 23.0 Å². The lowest BCUT2D eigenvalue weighted by Crippen LogP contribution is -2.50. The van der Waals surface area contributed by atoms with Gasteiger partial charge in [0.15, 0.2) is 0 Å². The van der Waals surface area contributed by atoms with E-state index in [0.717, 1.165) is 59.4 Å². The average Bonchev–Trinajstić information content (AvgIpc) is 3.21. The minimum atomic E-state index is 0.334. The van der Waals surface area contributed by atoms with E-state index in [1.807, 2.05) is 50.2 Å². The predicted octanol–water partition coefficient (Wildman–Crippen LogP) is 4.02. The van der Waals surface area contributed by atoms with Crippen LogP contribution in [0, 0.1) is 13.8 Å². The summed E-state index contributed by atoms with van der Waals surface area (Å²) in [4.78, 5) is 4.62. The number of hydrogen-bond acceptors (Lipinski definition) is 5. The Morgan fingerprint density at radius 1 is 1.14 bits per heavy atom. The second-order valence-electron chi connectivity index (χ2n) is 7.14. The Balaban J connectivity index is 1.93. The zero-order valence-electron chi connectivity index (χ0n) is 17.2. The summed E-state index contributed by atoms with van der Waals surface area (Å²) in [6.07, 6.45) is 4.91. The van der Waals surface area contributed by atoms with Gasteiger partial charge in [-0.25, -0.2) is 0 Å². The number of phenols is 1. The molecule has 0 aliphatic carbocycles. The van der Waals surface area contributed by atoms with Gasteiger partial charge >= 0.3 is 0 Å². The SMILES string of the molecule is COc1ccc(-c2noc(/C(=C/c3cc(C)c(O)c(C)c3)CCCC[NH3+])n2)cc1. The lowest BCUT2D eigenvalue weighted by atomic mass is 10.0. The fraction of sp³-hybridized carbons (Fsp3) is 0.304. The van der Waals surface area contributed by atoms with E-state index in [2.05, 4.69) is 22.0 Å². The summed E-state index contributed by atoms with van der Waals surface area (Å²) in [6.45, 7) is 4.69. The highest BCUT2D eigenvalue weighted by molar-refractivity contribution is 5.79. The number of methoxy groups -OCH3 is 1. The van der Waals surface area contributed by atoms with Gasteiger partial charge in [0.05, 0.1) is 13.7 Å². The molecule has 0 atom stereocenters. The largest absolute Gasteiger partial charge is 0.507 e. The van der Waals surface area contributed by atoms with E-state index in [0.29, 0.717) is 17.5 Å². The molecule has 0 amide bonds. The van der Waals surface area contributed by atoms with E-state index >= 15 is 0 Å². The second-order valence-corrected chi connectivity index (χ2v) is 7.14. The van der Waals surface area contributed by atoms with Gasteiger partial charge in [-0.05, 0) is 92.3 Å². The normalized spacial score (nSPS) is 11.7. The molecule has 0 saturated carbocycles. The van der Waals surface area contributed by atoms with Crippen molar-refractivity contribution < 1.29 is 20.1 Å². The highest BCUT2D eigenvalue weighted by atomic mass is 16.5. The maximum Gasteiger partial charge on any atom is 0.254 e. The maximum absolute atomic E-state index is 10.0. The number of aromatic hydroxyl groups is 1. The Labute approximate surface area is 171 Å². The molecule has 0 spiro atoms. The zero-order valence-corrected chi connectivity index (χ0v) is 17.2. The molecule has 1 aromatic heterocycles. The van der Waals surface area contributed by atoms with Gasteiger partial charge < -0.3 is 20.1 Å². The number of rotatable bonds is 8. The second kappa shape index (κ2) is 9.39. The van der Waals surface area contributed by atoms with Gasteiger partial charge in [0.1, 0.15) is 11.5 Å². The maximum atomic E-state index is 10.0. The highest BCUT2D eigenvalue weighted by Gasteiger charge is 2.14. The van der Waals surface area contributed by atoms with E-state index in [9.17, 15) is 5.11 Å². The van der Waals surface area contributed by atoms with Gasteiger partial charge in [-0.3, -0.25) is 0 Å². The average molecular weight is 394 g/mol. The summed E-state index contributed by atoms with van der Waals surface area (Å²) >= 11 is 0. The third-order valence-electron chi connectivity index (χ3n) is 4.85. The third kappa shape index (κ3) is 5.03. The Morgan fingerprint density at radius 2 is 1.83 bits per heavy atom. The predicted molar refractivity (Wildman–Crippen MR) is 113 cm³/mol. The number of nitrogens with zero attached hydrogens (tertiary/aromatic N) is 2. The first-order valence-corrected chi connectivity index (χ1v) is 9.80. The molecule has 0 radical (unpaired) electrons. The number of benzene rings is 2. The summed E-state index contributed by atoms with van der Waals surface area (Å²) in [7, 11) is 1.64. The molecule has 0 aliphatic heterocycles. The molecule has 2 aromatic carbocycles. The van der Waals surface area contributed by atoms with Gasteiger partial charge in [-0.15, -0.1) is 0 Å². The molecular formula is C23H28N3O3+. The standard InChI is InChI=1S/C23H27N3O3/c1-15-12-17(13-16(2)21(15)27)14-19(6-4-5-11-24)23-25-22(26-29-23)18-7-9-20(28-3)10-8-18/h7-10,12-14,27H,4-6,11,24H2,1-3H3/p+1/b19-14+. The molecule has 0 bridgehead atoms. The summed E-state index contributed by atoms with van der Waals surface area (Å²) in [5, 5.41) is 14.2. The molecule has 0 fully saturated rings. The van der Waals surface area contributed by atoms with Gasteiger partial charge in [0, 0.05) is 11.1 Å². The lowest BCUT2D eigenvalue weighted by molar-refractivity contribution is -0.368. The first-order valence-electron chi connectivity index (χ1n) is 9.80. The molecule has 0 unspecified atom stereocenters. The molecule has 152 valence electrons. The zero-order chi connectivity index (χ0) is 20.8. The van der Waals surface area contributed by atoms with Crippen molar-refractivity contribution in [2.24, 2.45) is 0 Å². The van der Waals surface area contributed by atoms with E-state index < -0.39 is 0 Å². The molecule has 4 N–H and O–H groups in total. The van der Waals surface area contributed by atoms with Crippen molar-refractivity contribution in [3.63, 3.8) is 0 Å². The number of aryl methyl sites for hydroxylation is 2. The fourth-order valence-electron chi connectivity index (χ4n) is 3.22. The van der Waals surface area contributed by atoms with E-state index in [1.54, 1.807) is 7.11 Å². The molecule has 1 heterocycles. The van der Waals surface area contributed by atoms with E-state index in [1.165, 1.54) is 0 Å². The van der Waals surface area contributed by atoms with Gasteiger partial charge in [0.25, 0.3) is 5.89 Å². The van der Waals surface area contributed by atoms with Gasteiger partial charge in [-0.1, -0.05) is 5.16 Å². The molecule has 0 aliphatic rings. The molecule has 6 nitrogen and oxygen atoms in total. The van der Waals surface area contributed by atoms with Crippen molar-refractivity contribution in [1.82, 2.24) is 10.1 Å². The number of unbranched alkanes of at least 4 members (excludes halogenated alkanes) is 1. The third-order valence-corrected chi connectivity index (χ3v) is 4.85. The van der Waals surface area contributed by atoms with Crippen LogP contribution in [0.5, 0.6) is 11.5 Å². The van der Waals surface area contributed by atoms with Crippen LogP contribution in [0.15, 0.2) is 40.9 Å². The van der Waals surface area contributed by atoms with Crippen molar-refractivity contribution in [2.45, 2.75) is 33.1 Å².